The summed E-state index contributed by atoms with van der Waals surface area (Å²) in [4.78, 5) is 43.2. The predicted molar refractivity (Wildman–Crippen MR) is 216 cm³/mol. The lowest BCUT2D eigenvalue weighted by Crippen LogP contribution is -2.11. The number of rotatable bonds is 8. The summed E-state index contributed by atoms with van der Waals surface area (Å²) < 4.78 is 77.8. The van der Waals surface area contributed by atoms with Crippen LogP contribution in [0.15, 0.2) is 164 Å². The third-order valence-electron chi connectivity index (χ3n) is 8.90. The van der Waals surface area contributed by atoms with Gasteiger partial charge < -0.3 is 20.6 Å². The number of hydrogen-bond donors (Lipinski definition) is 4. The molecule has 5 aromatic carbocycles. The van der Waals surface area contributed by atoms with Crippen LogP contribution in [0.5, 0.6) is 0 Å². The molecule has 4 N–H and O–H groups in total. The number of aromatic nitrogens is 5. The highest BCUT2D eigenvalue weighted by Gasteiger charge is 2.31. The van der Waals surface area contributed by atoms with Gasteiger partial charge in [-0.25, -0.2) is 9.97 Å². The van der Waals surface area contributed by atoms with Gasteiger partial charge in [0.2, 0.25) is 0 Å². The molecule has 0 radical (unpaired) electrons. The molecule has 0 saturated heterocycles. The van der Waals surface area contributed by atoms with Crippen molar-refractivity contribution in [2.24, 2.45) is 0 Å². The first-order chi connectivity index (χ1) is 28.8. The summed E-state index contributed by atoms with van der Waals surface area (Å²) >= 11 is 0. The van der Waals surface area contributed by atoms with Gasteiger partial charge in [0.25, 0.3) is 11.8 Å². The normalized spacial score (nSPS) is 11.3. The highest BCUT2D eigenvalue weighted by molar-refractivity contribution is 6.05. The summed E-state index contributed by atoms with van der Waals surface area (Å²) in [5.74, 6) is 0.416. The maximum Gasteiger partial charge on any atom is 0.416 e. The predicted octanol–water partition coefficient (Wildman–Crippen LogP) is 11.4. The highest BCUT2D eigenvalue weighted by Crippen LogP contribution is 2.34. The van der Waals surface area contributed by atoms with Crippen molar-refractivity contribution >= 4 is 23.2 Å². The molecule has 0 saturated carbocycles. The van der Waals surface area contributed by atoms with Gasteiger partial charge in [-0.15, -0.1) is 0 Å². The average Bonchev–Trinajstić information content (AvgIpc) is 3.96. The molecule has 0 spiro atoms. The summed E-state index contributed by atoms with van der Waals surface area (Å²) in [5, 5.41) is 5.61. The summed E-state index contributed by atoms with van der Waals surface area (Å²) in [5.41, 5.74) is 3.71. The van der Waals surface area contributed by atoms with Crippen molar-refractivity contribution < 1.29 is 35.9 Å². The zero-order valence-corrected chi connectivity index (χ0v) is 31.0. The van der Waals surface area contributed by atoms with Crippen LogP contribution in [0.1, 0.15) is 31.8 Å². The number of anilines is 2. The van der Waals surface area contributed by atoms with Gasteiger partial charge in [-0.3, -0.25) is 14.6 Å². The number of nitrogens with one attached hydrogen (secondary N) is 4. The van der Waals surface area contributed by atoms with E-state index < -0.39 is 23.5 Å². The molecule has 0 unspecified atom stereocenters. The molecule has 15 heteroatoms. The number of carbonyl (C=O) groups excluding carboxylic acids is 2. The van der Waals surface area contributed by atoms with E-state index in [-0.39, 0.29) is 11.8 Å². The van der Waals surface area contributed by atoms with Crippen LogP contribution in [0.2, 0.25) is 0 Å². The molecule has 0 bridgehead atoms. The van der Waals surface area contributed by atoms with E-state index in [9.17, 15) is 35.9 Å². The van der Waals surface area contributed by atoms with Crippen molar-refractivity contribution in [3.05, 3.63) is 187 Å². The minimum Gasteiger partial charge on any atom is -0.338 e. The van der Waals surface area contributed by atoms with E-state index in [1.807, 2.05) is 6.07 Å². The smallest absolute Gasteiger partial charge is 0.338 e. The van der Waals surface area contributed by atoms with Gasteiger partial charge in [-0.05, 0) is 72.8 Å². The number of benzene rings is 5. The van der Waals surface area contributed by atoms with Gasteiger partial charge in [0.05, 0.1) is 40.5 Å². The quantitative estimate of drug-likeness (QED) is 0.114. The highest BCUT2D eigenvalue weighted by atomic mass is 19.4. The summed E-state index contributed by atoms with van der Waals surface area (Å²) in [6, 6.07) is 36.3. The van der Waals surface area contributed by atoms with Crippen molar-refractivity contribution in [2.45, 2.75) is 12.4 Å². The maximum atomic E-state index is 13.0. The van der Waals surface area contributed by atoms with Crippen molar-refractivity contribution in [1.82, 2.24) is 24.9 Å². The minimum absolute atomic E-state index is 0.239. The molecule has 0 aliphatic carbocycles. The Kier molecular flexibility index (Phi) is 11.7. The topological polar surface area (TPSA) is 128 Å². The first-order valence-electron chi connectivity index (χ1n) is 18.0. The van der Waals surface area contributed by atoms with E-state index in [1.54, 1.807) is 103 Å². The number of halogens is 6. The number of pyridine rings is 1. The second-order valence-corrected chi connectivity index (χ2v) is 13.1. The molecule has 8 rings (SSSR count). The Bertz CT molecular complexity index is 2560. The number of nitrogens with zero attached hydrogens (tertiary/aromatic N) is 3. The number of amides is 2. The van der Waals surface area contributed by atoms with Gasteiger partial charge in [0, 0.05) is 51.6 Å². The number of aromatic amines is 2. The third kappa shape index (κ3) is 10.0. The van der Waals surface area contributed by atoms with E-state index in [0.29, 0.717) is 67.8 Å². The molecule has 60 heavy (non-hydrogen) atoms. The molecular formula is C45H31F6N7O2. The van der Waals surface area contributed by atoms with Gasteiger partial charge in [0.15, 0.2) is 0 Å². The van der Waals surface area contributed by atoms with Gasteiger partial charge in [-0.2, -0.15) is 26.3 Å². The lowest BCUT2D eigenvalue weighted by molar-refractivity contribution is -0.138. The van der Waals surface area contributed by atoms with Crippen molar-refractivity contribution in [2.75, 3.05) is 10.6 Å². The van der Waals surface area contributed by atoms with Crippen LogP contribution in [0.25, 0.3) is 45.3 Å². The Morgan fingerprint density at radius 1 is 0.467 bits per heavy atom. The Morgan fingerprint density at radius 2 is 0.917 bits per heavy atom. The van der Waals surface area contributed by atoms with Gasteiger partial charge in [-0.1, -0.05) is 66.7 Å². The van der Waals surface area contributed by atoms with Gasteiger partial charge >= 0.3 is 12.4 Å². The van der Waals surface area contributed by atoms with Crippen LogP contribution in [0, 0.1) is 0 Å². The third-order valence-corrected chi connectivity index (χ3v) is 8.90. The van der Waals surface area contributed by atoms with E-state index in [0.717, 1.165) is 24.3 Å². The molecule has 0 aliphatic heterocycles. The molecular weight excluding hydrogens is 785 g/mol. The molecule has 0 aliphatic rings. The summed E-state index contributed by atoms with van der Waals surface area (Å²) in [7, 11) is 0. The molecule has 2 amide bonds. The molecule has 3 heterocycles. The van der Waals surface area contributed by atoms with E-state index in [1.165, 1.54) is 30.7 Å². The standard InChI is InChI=1S/C23H16F3N3O.C22H15F3N4O/c24-23(25,26)18-10-4-8-16(12-18)20-14-27-21(29-20)17-9-5-11-19(13-17)28-22(30)15-6-2-1-3-7-15;23-22(24,25)17-7-1-4-14(10-17)19-13-27-20(29-19)15-5-2-8-18(11-15)28-21(30)16-6-3-9-26-12-16/h1-14H,(H,27,29)(H,28,30);1-13H,(H,27,29)(H,28,30). The largest absolute Gasteiger partial charge is 0.416 e. The molecule has 9 nitrogen and oxygen atoms in total. The number of carbonyl (C=O) groups is 2. The first-order valence-corrected chi connectivity index (χ1v) is 18.0. The fourth-order valence-corrected chi connectivity index (χ4v) is 5.94. The molecule has 0 atom stereocenters. The first kappa shape index (κ1) is 40.4. The van der Waals surface area contributed by atoms with Crippen LogP contribution in [-0.2, 0) is 12.4 Å². The Hall–Kier alpha value is -7.81. The SMILES string of the molecule is O=C(Nc1cccc(-c2ncc(-c3cccc(C(F)(F)F)c3)[nH]2)c1)c1ccccc1.O=C(Nc1cccc(-c2ncc(-c3cccc(C(F)(F)F)c3)[nH]2)c1)c1cccnc1. The zero-order chi connectivity index (χ0) is 42.3. The molecule has 0 fully saturated rings. The van der Waals surface area contributed by atoms with E-state index >= 15 is 0 Å². The average molecular weight is 816 g/mol. The van der Waals surface area contributed by atoms with Crippen LogP contribution >= 0.6 is 0 Å². The summed E-state index contributed by atoms with van der Waals surface area (Å²) in [6.07, 6.45) is -2.82. The van der Waals surface area contributed by atoms with E-state index in [2.05, 4.69) is 35.6 Å². The van der Waals surface area contributed by atoms with Crippen LogP contribution in [-0.4, -0.2) is 36.7 Å². The van der Waals surface area contributed by atoms with Gasteiger partial charge in [0.1, 0.15) is 11.6 Å². The molecule has 3 aromatic heterocycles. The second kappa shape index (κ2) is 17.4. The van der Waals surface area contributed by atoms with Crippen LogP contribution < -0.4 is 10.6 Å². The number of hydrogen-bond acceptors (Lipinski definition) is 5. The van der Waals surface area contributed by atoms with Crippen LogP contribution in [0.4, 0.5) is 37.7 Å². The van der Waals surface area contributed by atoms with Crippen molar-refractivity contribution in [3.8, 4) is 45.3 Å². The van der Waals surface area contributed by atoms with E-state index in [4.69, 9.17) is 0 Å². The molecule has 8 aromatic rings. The molecule has 300 valence electrons. The monoisotopic (exact) mass is 815 g/mol. The number of alkyl halides is 6. The lowest BCUT2D eigenvalue weighted by Gasteiger charge is -2.08. The second-order valence-electron chi connectivity index (χ2n) is 13.1. The lowest BCUT2D eigenvalue weighted by atomic mass is 10.1. The minimum atomic E-state index is -4.42. The van der Waals surface area contributed by atoms with Crippen LogP contribution in [0.3, 0.4) is 0 Å². The number of imidazole rings is 2. The van der Waals surface area contributed by atoms with Crippen molar-refractivity contribution in [1.29, 1.82) is 0 Å². The number of H-pyrrole nitrogens is 2. The Balaban J connectivity index is 0.000000181. The Labute approximate surface area is 338 Å². The fourth-order valence-electron chi connectivity index (χ4n) is 5.94. The summed E-state index contributed by atoms with van der Waals surface area (Å²) in [6.45, 7) is 0. The zero-order valence-electron chi connectivity index (χ0n) is 31.0. The maximum absolute atomic E-state index is 13.0. The van der Waals surface area contributed by atoms with Crippen molar-refractivity contribution in [3.63, 3.8) is 0 Å². The Morgan fingerprint density at radius 3 is 1.38 bits per heavy atom. The fraction of sp³-hybridized carbons (Fsp3) is 0.0444.